The Morgan fingerprint density at radius 2 is 2.09 bits per heavy atom. The lowest BCUT2D eigenvalue weighted by molar-refractivity contribution is -0.119. The lowest BCUT2D eigenvalue weighted by Crippen LogP contribution is -2.20. The van der Waals surface area contributed by atoms with Gasteiger partial charge < -0.3 is 15.0 Å². The number of nitrogens with one attached hydrogen (secondary N) is 2. The summed E-state index contributed by atoms with van der Waals surface area (Å²) in [5.41, 5.74) is 4.62. The molecule has 5 rings (SSSR count). The fourth-order valence-electron chi connectivity index (χ4n) is 4.24. The number of hydrogen-bond donors (Lipinski definition) is 2. The predicted molar refractivity (Wildman–Crippen MR) is 125 cm³/mol. The number of H-pyrrole nitrogens is 1. The van der Waals surface area contributed by atoms with E-state index in [1.54, 1.807) is 24.5 Å². The van der Waals surface area contributed by atoms with Crippen molar-refractivity contribution >= 4 is 39.2 Å². The highest BCUT2D eigenvalue weighted by Gasteiger charge is 2.27. The van der Waals surface area contributed by atoms with Crippen molar-refractivity contribution in [3.63, 3.8) is 0 Å². The average molecular weight is 457 g/mol. The van der Waals surface area contributed by atoms with Gasteiger partial charge >= 0.3 is 5.97 Å². The Labute approximate surface area is 194 Å². The number of amides is 1. The van der Waals surface area contributed by atoms with Crippen LogP contribution in [-0.2, 0) is 22.4 Å². The van der Waals surface area contributed by atoms with E-state index in [4.69, 9.17) is 4.74 Å². The number of hydrogen-bond acceptors (Lipinski definition) is 6. The molecule has 0 fully saturated rings. The first-order chi connectivity index (χ1) is 16.1. The third kappa shape index (κ3) is 4.23. The van der Waals surface area contributed by atoms with Crippen LogP contribution in [0.25, 0.3) is 11.0 Å². The summed E-state index contributed by atoms with van der Waals surface area (Å²) in [5.74, 6) is -0.667. The maximum Gasteiger partial charge on any atom is 0.338 e. The molecule has 0 bridgehead atoms. The molecule has 1 aliphatic rings. The van der Waals surface area contributed by atoms with E-state index >= 15 is 0 Å². The highest BCUT2D eigenvalue weighted by Crippen LogP contribution is 2.42. The number of anilines is 1. The first-order valence-corrected chi connectivity index (χ1v) is 11.4. The fraction of sp³-hybridized carbons (Fsp3) is 0.200. The summed E-state index contributed by atoms with van der Waals surface area (Å²) in [6, 6.07) is 17.6. The van der Waals surface area contributed by atoms with Crippen molar-refractivity contribution in [2.45, 2.75) is 25.2 Å². The minimum absolute atomic E-state index is 0.329. The zero-order chi connectivity index (χ0) is 22.8. The van der Waals surface area contributed by atoms with Gasteiger partial charge in [-0.3, -0.25) is 4.79 Å². The highest BCUT2D eigenvalue weighted by atomic mass is 32.1. The number of fused-ring (bicyclic) bond motifs is 2. The van der Waals surface area contributed by atoms with Crippen LogP contribution >= 0.6 is 11.3 Å². The van der Waals surface area contributed by atoms with E-state index in [1.165, 1.54) is 16.9 Å². The Morgan fingerprint density at radius 3 is 2.91 bits per heavy atom. The van der Waals surface area contributed by atoms with Crippen molar-refractivity contribution in [3.8, 4) is 6.07 Å². The van der Waals surface area contributed by atoms with E-state index in [0.29, 0.717) is 27.6 Å². The van der Waals surface area contributed by atoms with Crippen LogP contribution in [0.3, 0.4) is 0 Å². The third-order valence-electron chi connectivity index (χ3n) is 5.89. The van der Waals surface area contributed by atoms with Crippen molar-refractivity contribution in [1.29, 1.82) is 5.26 Å². The predicted octanol–water partition coefficient (Wildman–Crippen LogP) is 4.56. The lowest BCUT2D eigenvalue weighted by atomic mass is 9.83. The standard InChI is InChI=1S/C25H20N4O3S/c26-12-19-18-8-6-16(15-4-2-1-3-5-15)11-22(18)33-24(19)29-23(30)13-32-25(31)17-7-9-20-21(10-17)28-14-27-20/h1-5,7,9-10,14,16H,6,8,11,13H2,(H,27,28)(H,29,30). The van der Waals surface area contributed by atoms with E-state index in [2.05, 4.69) is 33.5 Å². The number of esters is 1. The topological polar surface area (TPSA) is 108 Å². The van der Waals surface area contributed by atoms with Gasteiger partial charge in [0.1, 0.15) is 11.1 Å². The van der Waals surface area contributed by atoms with E-state index in [0.717, 1.165) is 35.2 Å². The minimum atomic E-state index is -0.599. The zero-order valence-electron chi connectivity index (χ0n) is 17.6. The molecule has 2 aromatic heterocycles. The Bertz CT molecular complexity index is 1380. The second-order valence-electron chi connectivity index (χ2n) is 7.93. The molecule has 0 spiro atoms. The second kappa shape index (κ2) is 8.88. The molecule has 7 nitrogen and oxygen atoms in total. The van der Waals surface area contributed by atoms with Gasteiger partial charge in [-0.2, -0.15) is 5.26 Å². The van der Waals surface area contributed by atoms with Crippen LogP contribution in [-0.4, -0.2) is 28.5 Å². The number of carbonyl (C=O) groups is 2. The highest BCUT2D eigenvalue weighted by molar-refractivity contribution is 7.16. The third-order valence-corrected chi connectivity index (χ3v) is 7.06. The van der Waals surface area contributed by atoms with Crippen LogP contribution < -0.4 is 5.32 Å². The number of rotatable bonds is 5. The molecular weight excluding hydrogens is 436 g/mol. The summed E-state index contributed by atoms with van der Waals surface area (Å²) in [4.78, 5) is 33.0. The van der Waals surface area contributed by atoms with Crippen LogP contribution in [0.4, 0.5) is 5.00 Å². The molecule has 1 amide bonds. The number of thiophene rings is 1. The molecule has 4 aromatic rings. The first kappa shape index (κ1) is 20.9. The van der Waals surface area contributed by atoms with Crippen LogP contribution in [0.2, 0.25) is 0 Å². The second-order valence-corrected chi connectivity index (χ2v) is 9.03. The number of imidazole rings is 1. The molecule has 0 radical (unpaired) electrons. The molecule has 1 unspecified atom stereocenters. The maximum atomic E-state index is 12.5. The summed E-state index contributed by atoms with van der Waals surface area (Å²) in [7, 11) is 0. The van der Waals surface area contributed by atoms with Gasteiger partial charge in [-0.15, -0.1) is 11.3 Å². The normalized spacial score (nSPS) is 14.9. The Kier molecular flexibility index (Phi) is 5.63. The van der Waals surface area contributed by atoms with Gasteiger partial charge in [0.25, 0.3) is 5.91 Å². The molecule has 1 aliphatic carbocycles. The van der Waals surface area contributed by atoms with Crippen LogP contribution in [0.5, 0.6) is 0 Å². The molecule has 164 valence electrons. The van der Waals surface area contributed by atoms with E-state index < -0.39 is 18.5 Å². The first-order valence-electron chi connectivity index (χ1n) is 10.6. The Balaban J connectivity index is 1.24. The SMILES string of the molecule is N#Cc1c(NC(=O)COC(=O)c2ccc3nc[nH]c3c2)sc2c1CCC(c1ccccc1)C2. The molecule has 2 N–H and O–H groups in total. The number of aromatic amines is 1. The molecule has 33 heavy (non-hydrogen) atoms. The molecule has 0 saturated heterocycles. The quantitative estimate of drug-likeness (QED) is 0.428. The Hall–Kier alpha value is -3.96. The summed E-state index contributed by atoms with van der Waals surface area (Å²) < 4.78 is 5.17. The van der Waals surface area contributed by atoms with E-state index in [1.807, 2.05) is 18.2 Å². The van der Waals surface area contributed by atoms with Gasteiger partial charge in [0.15, 0.2) is 6.61 Å². The maximum absolute atomic E-state index is 12.5. The summed E-state index contributed by atoms with van der Waals surface area (Å²) in [5, 5.41) is 13.0. The van der Waals surface area contributed by atoms with E-state index in [-0.39, 0.29) is 0 Å². The number of aromatic nitrogens is 2. The van der Waals surface area contributed by atoms with Crippen molar-refractivity contribution in [2.24, 2.45) is 0 Å². The van der Waals surface area contributed by atoms with Crippen LogP contribution in [0, 0.1) is 11.3 Å². The monoisotopic (exact) mass is 456 g/mol. The molecule has 8 heteroatoms. The largest absolute Gasteiger partial charge is 0.452 e. The number of ether oxygens (including phenoxy) is 1. The molecule has 0 aliphatic heterocycles. The van der Waals surface area contributed by atoms with Crippen molar-refractivity contribution in [2.75, 3.05) is 11.9 Å². The Morgan fingerprint density at radius 1 is 1.24 bits per heavy atom. The molecule has 2 aromatic carbocycles. The van der Waals surface area contributed by atoms with Gasteiger partial charge in [-0.1, -0.05) is 30.3 Å². The lowest BCUT2D eigenvalue weighted by Gasteiger charge is -2.22. The number of nitrogens with zero attached hydrogens (tertiary/aromatic N) is 2. The summed E-state index contributed by atoms with van der Waals surface area (Å²) in [6.45, 7) is -0.431. The van der Waals surface area contributed by atoms with Gasteiger partial charge in [-0.25, -0.2) is 9.78 Å². The summed E-state index contributed by atoms with van der Waals surface area (Å²) in [6.07, 6.45) is 4.16. The van der Waals surface area contributed by atoms with Crippen molar-refractivity contribution in [1.82, 2.24) is 9.97 Å². The average Bonchev–Trinajstić information content (AvgIpc) is 3.45. The van der Waals surface area contributed by atoms with E-state index in [9.17, 15) is 14.9 Å². The fourth-order valence-corrected chi connectivity index (χ4v) is 5.54. The summed E-state index contributed by atoms with van der Waals surface area (Å²) >= 11 is 1.44. The number of carbonyl (C=O) groups excluding carboxylic acids is 2. The zero-order valence-corrected chi connectivity index (χ0v) is 18.4. The smallest absolute Gasteiger partial charge is 0.338 e. The molecule has 0 saturated carbocycles. The molecule has 2 heterocycles. The molecule has 1 atom stereocenters. The van der Waals surface area contributed by atoms with Crippen LogP contribution in [0.15, 0.2) is 54.9 Å². The number of benzene rings is 2. The van der Waals surface area contributed by atoms with Crippen molar-refractivity contribution in [3.05, 3.63) is 82.0 Å². The van der Waals surface area contributed by atoms with Gasteiger partial charge in [0.05, 0.1) is 28.5 Å². The van der Waals surface area contributed by atoms with Crippen molar-refractivity contribution < 1.29 is 14.3 Å². The van der Waals surface area contributed by atoms with Gasteiger partial charge in [0.2, 0.25) is 0 Å². The van der Waals surface area contributed by atoms with Gasteiger partial charge in [-0.05, 0) is 54.5 Å². The van der Waals surface area contributed by atoms with Crippen LogP contribution in [0.1, 0.15) is 44.3 Å². The minimum Gasteiger partial charge on any atom is -0.452 e. The molecular formula is C25H20N4O3S. The van der Waals surface area contributed by atoms with Gasteiger partial charge in [0, 0.05) is 4.88 Å². The number of nitriles is 1.